The number of nitrogens with one attached hydrogen (secondary N) is 1. The molecule has 1 aliphatic heterocycles. The first-order valence-electron chi connectivity index (χ1n) is 15.0. The summed E-state index contributed by atoms with van der Waals surface area (Å²) < 4.78 is 24.7. The minimum atomic E-state index is -0.552. The summed E-state index contributed by atoms with van der Waals surface area (Å²) in [7, 11) is 0. The van der Waals surface area contributed by atoms with E-state index in [-0.39, 0.29) is 29.8 Å². The average Bonchev–Trinajstić information content (AvgIpc) is 3.42. The summed E-state index contributed by atoms with van der Waals surface area (Å²) >= 11 is 0. The third-order valence-corrected chi connectivity index (χ3v) is 7.72. The van der Waals surface area contributed by atoms with Crippen LogP contribution in [-0.4, -0.2) is 45.7 Å². The number of carbonyl (C=O) groups excluding carboxylic acids is 2. The highest BCUT2D eigenvalue weighted by Crippen LogP contribution is 2.34. The molecule has 1 saturated heterocycles. The van der Waals surface area contributed by atoms with Gasteiger partial charge in [0.25, 0.3) is 11.6 Å². The van der Waals surface area contributed by atoms with Crippen LogP contribution in [0.3, 0.4) is 0 Å². The summed E-state index contributed by atoms with van der Waals surface area (Å²) in [5, 5.41) is 7.90. The highest BCUT2D eigenvalue weighted by molar-refractivity contribution is 5.97. The van der Waals surface area contributed by atoms with E-state index >= 15 is 0 Å². The van der Waals surface area contributed by atoms with Crippen LogP contribution in [0.2, 0.25) is 0 Å². The molecule has 0 spiro atoms. The largest absolute Gasteiger partial charge is 0.444 e. The zero-order valence-electron chi connectivity index (χ0n) is 26.1. The molecule has 3 heterocycles. The Labute approximate surface area is 257 Å². The van der Waals surface area contributed by atoms with E-state index in [1.54, 1.807) is 23.1 Å². The Morgan fingerprint density at radius 3 is 2.16 bits per heavy atom. The lowest BCUT2D eigenvalue weighted by atomic mass is 9.88. The predicted molar refractivity (Wildman–Crippen MR) is 168 cm³/mol. The van der Waals surface area contributed by atoms with E-state index in [0.29, 0.717) is 37.2 Å². The molecule has 230 valence electrons. The number of ether oxygens (including phenoxy) is 1. The first-order valence-corrected chi connectivity index (χ1v) is 15.0. The summed E-state index contributed by atoms with van der Waals surface area (Å²) in [5.74, 6) is -0.393. The van der Waals surface area contributed by atoms with Crippen molar-refractivity contribution in [2.45, 2.75) is 71.9 Å². The van der Waals surface area contributed by atoms with E-state index in [2.05, 4.69) is 15.5 Å². The molecule has 0 radical (unpaired) electrons. The van der Waals surface area contributed by atoms with Gasteiger partial charge in [0.2, 0.25) is 0 Å². The Hall–Kier alpha value is -4.53. The molecule has 0 unspecified atom stereocenters. The van der Waals surface area contributed by atoms with Crippen LogP contribution in [0.4, 0.5) is 9.18 Å². The molecule has 1 N–H and O–H groups in total. The SMILES string of the molecule is CC(C)c1noc2ncc(C(=O)N[C@H](C)c3ccc(C(=C4CCN(C(=O)OC(C)(C)C)CC4)c4ccc(F)cc4)cc3)cc12. The number of piperidine rings is 1. The van der Waals surface area contributed by atoms with Gasteiger partial charge in [-0.25, -0.2) is 14.2 Å². The molecule has 4 aromatic rings. The monoisotopic (exact) mass is 598 g/mol. The zero-order chi connectivity index (χ0) is 31.6. The van der Waals surface area contributed by atoms with Gasteiger partial charge in [0.15, 0.2) is 0 Å². The minimum Gasteiger partial charge on any atom is -0.444 e. The van der Waals surface area contributed by atoms with Gasteiger partial charge >= 0.3 is 6.09 Å². The summed E-state index contributed by atoms with van der Waals surface area (Å²) in [6.07, 6.45) is 2.56. The molecular formula is C35H39FN4O4. The van der Waals surface area contributed by atoms with Crippen LogP contribution in [-0.2, 0) is 4.74 Å². The van der Waals surface area contributed by atoms with Gasteiger partial charge in [-0.3, -0.25) is 4.79 Å². The van der Waals surface area contributed by atoms with Crippen molar-refractivity contribution in [2.75, 3.05) is 13.1 Å². The third-order valence-electron chi connectivity index (χ3n) is 7.72. The Bertz CT molecular complexity index is 1670. The number of halogens is 1. The molecule has 0 aliphatic carbocycles. The summed E-state index contributed by atoms with van der Waals surface area (Å²) in [4.78, 5) is 31.8. The van der Waals surface area contributed by atoms with Crippen molar-refractivity contribution in [1.29, 1.82) is 0 Å². The van der Waals surface area contributed by atoms with Crippen LogP contribution >= 0.6 is 0 Å². The first-order chi connectivity index (χ1) is 20.9. The number of nitrogens with zero attached hydrogens (tertiary/aromatic N) is 3. The first kappa shape index (κ1) is 30.9. The van der Waals surface area contributed by atoms with E-state index < -0.39 is 5.60 Å². The van der Waals surface area contributed by atoms with E-state index in [4.69, 9.17) is 9.26 Å². The lowest BCUT2D eigenvalue weighted by Crippen LogP contribution is -2.40. The smallest absolute Gasteiger partial charge is 0.410 e. The molecule has 9 heteroatoms. The van der Waals surface area contributed by atoms with Gasteiger partial charge in [-0.2, -0.15) is 0 Å². The normalized spacial score (nSPS) is 14.5. The molecular weight excluding hydrogens is 559 g/mol. The fourth-order valence-electron chi connectivity index (χ4n) is 5.42. The van der Waals surface area contributed by atoms with Crippen LogP contribution in [0.25, 0.3) is 16.7 Å². The average molecular weight is 599 g/mol. The second kappa shape index (κ2) is 12.6. The van der Waals surface area contributed by atoms with E-state index in [9.17, 15) is 14.0 Å². The standard InChI is InChI=1S/C35H39FN4O4/c1-21(2)31-29-19-27(20-37-33(29)44-39-31)32(41)38-22(3)23-7-9-24(10-8-23)30(25-11-13-28(36)14-12-25)26-15-17-40(18-16-26)34(42)43-35(4,5)6/h7-14,19-22H,15-18H2,1-6H3,(H,38,41)/t22-/m1/s1. The number of hydrogen-bond donors (Lipinski definition) is 1. The fourth-order valence-corrected chi connectivity index (χ4v) is 5.42. The molecule has 0 saturated carbocycles. The molecule has 2 aromatic carbocycles. The lowest BCUT2D eigenvalue weighted by Gasteiger charge is -2.32. The van der Waals surface area contributed by atoms with Gasteiger partial charge in [-0.05, 0) is 86.9 Å². The molecule has 5 rings (SSSR count). The number of likely N-dealkylation sites (tertiary alicyclic amines) is 1. The second-order valence-electron chi connectivity index (χ2n) is 12.6. The Morgan fingerprint density at radius 2 is 1.57 bits per heavy atom. The number of aromatic nitrogens is 2. The van der Waals surface area contributed by atoms with Gasteiger partial charge in [0, 0.05) is 19.3 Å². The van der Waals surface area contributed by atoms with Gasteiger partial charge in [-0.15, -0.1) is 0 Å². The topological polar surface area (TPSA) is 97.6 Å². The van der Waals surface area contributed by atoms with E-state index in [1.807, 2.05) is 65.8 Å². The van der Waals surface area contributed by atoms with Crippen molar-refractivity contribution in [2.24, 2.45) is 0 Å². The summed E-state index contributed by atoms with van der Waals surface area (Å²) in [6, 6.07) is 16.1. The van der Waals surface area contributed by atoms with Crippen LogP contribution in [0.1, 0.15) is 99.1 Å². The number of fused-ring (bicyclic) bond motifs is 1. The molecule has 0 bridgehead atoms. The highest BCUT2D eigenvalue weighted by atomic mass is 19.1. The summed E-state index contributed by atoms with van der Waals surface area (Å²) in [6.45, 7) is 12.6. The van der Waals surface area contributed by atoms with Crippen molar-refractivity contribution < 1.29 is 23.2 Å². The Balaban J connectivity index is 1.35. The van der Waals surface area contributed by atoms with E-state index in [1.165, 1.54) is 23.9 Å². The maximum atomic E-state index is 13.8. The Kier molecular flexibility index (Phi) is 8.85. The fraction of sp³-hybridized carbons (Fsp3) is 0.371. The highest BCUT2D eigenvalue weighted by Gasteiger charge is 2.26. The van der Waals surface area contributed by atoms with Crippen molar-refractivity contribution in [3.05, 3.63) is 100 Å². The van der Waals surface area contributed by atoms with Gasteiger partial charge < -0.3 is 19.5 Å². The number of amides is 2. The molecule has 1 atom stereocenters. The molecule has 2 aromatic heterocycles. The van der Waals surface area contributed by atoms with Crippen molar-refractivity contribution in [3.63, 3.8) is 0 Å². The predicted octanol–water partition coefficient (Wildman–Crippen LogP) is 7.81. The van der Waals surface area contributed by atoms with Crippen LogP contribution in [0.15, 0.2) is 70.9 Å². The number of carbonyl (C=O) groups is 2. The number of pyridine rings is 1. The number of benzene rings is 2. The molecule has 8 nitrogen and oxygen atoms in total. The number of rotatable bonds is 6. The van der Waals surface area contributed by atoms with Crippen molar-refractivity contribution in [3.8, 4) is 0 Å². The minimum absolute atomic E-state index is 0.140. The Morgan fingerprint density at radius 1 is 0.955 bits per heavy atom. The zero-order valence-corrected chi connectivity index (χ0v) is 26.1. The molecule has 1 aliphatic rings. The van der Waals surface area contributed by atoms with Gasteiger partial charge in [0.1, 0.15) is 11.4 Å². The second-order valence-corrected chi connectivity index (χ2v) is 12.6. The van der Waals surface area contributed by atoms with Crippen LogP contribution < -0.4 is 5.32 Å². The third kappa shape index (κ3) is 6.98. The molecule has 2 amide bonds. The molecule has 44 heavy (non-hydrogen) atoms. The summed E-state index contributed by atoms with van der Waals surface area (Å²) in [5.41, 5.74) is 6.14. The molecule has 1 fully saturated rings. The number of hydrogen-bond acceptors (Lipinski definition) is 6. The maximum absolute atomic E-state index is 13.8. The van der Waals surface area contributed by atoms with Gasteiger partial charge in [0.05, 0.1) is 22.7 Å². The van der Waals surface area contributed by atoms with Crippen molar-refractivity contribution >= 4 is 28.7 Å². The van der Waals surface area contributed by atoms with Crippen molar-refractivity contribution in [1.82, 2.24) is 20.4 Å². The quantitative estimate of drug-likeness (QED) is 0.243. The van der Waals surface area contributed by atoms with Gasteiger partial charge in [-0.1, -0.05) is 61.0 Å². The maximum Gasteiger partial charge on any atom is 0.410 e. The van der Waals surface area contributed by atoms with Crippen LogP contribution in [0, 0.1) is 5.82 Å². The van der Waals surface area contributed by atoms with E-state index in [0.717, 1.165) is 33.3 Å². The lowest BCUT2D eigenvalue weighted by molar-refractivity contribution is 0.0236. The van der Waals surface area contributed by atoms with Crippen LogP contribution in [0.5, 0.6) is 0 Å².